The van der Waals surface area contributed by atoms with Crippen molar-refractivity contribution >= 4 is 0 Å². The van der Waals surface area contributed by atoms with Gasteiger partial charge in [-0.3, -0.25) is 0 Å². The van der Waals surface area contributed by atoms with Crippen LogP contribution in [0, 0.1) is 11.3 Å². The first-order chi connectivity index (χ1) is 8.83. The fraction of sp³-hybridized carbons (Fsp3) is 1.00. The summed E-state index contributed by atoms with van der Waals surface area (Å²) in [7, 11) is 0. The second kappa shape index (κ2) is 7.08. The van der Waals surface area contributed by atoms with Crippen molar-refractivity contribution in [2.75, 3.05) is 13.1 Å². The third-order valence-electron chi connectivity index (χ3n) is 4.84. The van der Waals surface area contributed by atoms with E-state index in [4.69, 9.17) is 4.74 Å². The van der Waals surface area contributed by atoms with Gasteiger partial charge in [0.2, 0.25) is 0 Å². The summed E-state index contributed by atoms with van der Waals surface area (Å²) in [6, 6.07) is 0. The van der Waals surface area contributed by atoms with Gasteiger partial charge in [-0.1, -0.05) is 34.6 Å². The van der Waals surface area contributed by atoms with Gasteiger partial charge in [-0.05, 0) is 56.9 Å². The van der Waals surface area contributed by atoms with Crippen LogP contribution < -0.4 is 5.32 Å². The van der Waals surface area contributed by atoms with Crippen LogP contribution in [0.25, 0.3) is 0 Å². The third-order valence-corrected chi connectivity index (χ3v) is 4.84. The summed E-state index contributed by atoms with van der Waals surface area (Å²) in [6.07, 6.45) is 6.54. The Balaban J connectivity index is 2.63. The van der Waals surface area contributed by atoms with Gasteiger partial charge in [0.05, 0.1) is 11.7 Å². The Morgan fingerprint density at radius 3 is 2.21 bits per heavy atom. The second-order valence-corrected chi connectivity index (χ2v) is 7.44. The van der Waals surface area contributed by atoms with Crippen molar-refractivity contribution in [3.63, 3.8) is 0 Å². The molecule has 114 valence electrons. The van der Waals surface area contributed by atoms with Gasteiger partial charge in [0.25, 0.3) is 0 Å². The molecule has 1 atom stereocenters. The van der Waals surface area contributed by atoms with Crippen molar-refractivity contribution in [1.29, 1.82) is 0 Å². The normalized spacial score (nSPS) is 30.3. The van der Waals surface area contributed by atoms with Gasteiger partial charge >= 0.3 is 0 Å². The standard InChI is InChI=1S/C17H35NO/c1-7-14(3)19-17(13-18-8-2)11-9-15(10-12-17)16(4,5)6/h14-15,18H,7-13H2,1-6H3. The quantitative estimate of drug-likeness (QED) is 0.772. The van der Waals surface area contributed by atoms with E-state index in [9.17, 15) is 0 Å². The van der Waals surface area contributed by atoms with Gasteiger partial charge in [0.1, 0.15) is 0 Å². The zero-order valence-corrected chi connectivity index (χ0v) is 14.0. The van der Waals surface area contributed by atoms with E-state index in [-0.39, 0.29) is 5.60 Å². The van der Waals surface area contributed by atoms with Crippen LogP contribution in [-0.2, 0) is 4.74 Å². The number of ether oxygens (including phenoxy) is 1. The van der Waals surface area contributed by atoms with Crippen LogP contribution in [0.1, 0.15) is 73.6 Å². The smallest absolute Gasteiger partial charge is 0.0810 e. The van der Waals surface area contributed by atoms with Crippen molar-refractivity contribution < 1.29 is 4.74 Å². The average Bonchev–Trinajstić information content (AvgIpc) is 2.36. The molecular formula is C17H35NO. The Labute approximate surface area is 120 Å². The van der Waals surface area contributed by atoms with Crippen molar-refractivity contribution in [1.82, 2.24) is 5.32 Å². The molecule has 1 rings (SSSR count). The lowest BCUT2D eigenvalue weighted by molar-refractivity contribution is -0.118. The van der Waals surface area contributed by atoms with E-state index >= 15 is 0 Å². The maximum Gasteiger partial charge on any atom is 0.0810 e. The number of hydrogen-bond donors (Lipinski definition) is 1. The Morgan fingerprint density at radius 1 is 1.21 bits per heavy atom. The van der Waals surface area contributed by atoms with Gasteiger partial charge in [0, 0.05) is 6.54 Å². The molecule has 1 saturated carbocycles. The first-order valence-corrected chi connectivity index (χ1v) is 8.21. The zero-order chi connectivity index (χ0) is 14.5. The van der Waals surface area contributed by atoms with E-state index in [1.54, 1.807) is 0 Å². The van der Waals surface area contributed by atoms with Crippen LogP contribution in [0.2, 0.25) is 0 Å². The zero-order valence-electron chi connectivity index (χ0n) is 14.0. The van der Waals surface area contributed by atoms with Gasteiger partial charge in [-0.15, -0.1) is 0 Å². The Hall–Kier alpha value is -0.0800. The molecule has 2 nitrogen and oxygen atoms in total. The SMILES string of the molecule is CCNCC1(OC(C)CC)CCC(C(C)(C)C)CC1. The fourth-order valence-electron chi connectivity index (χ4n) is 3.21. The molecule has 19 heavy (non-hydrogen) atoms. The molecule has 0 bridgehead atoms. The van der Waals surface area contributed by atoms with E-state index in [0.29, 0.717) is 11.5 Å². The van der Waals surface area contributed by atoms with Crippen molar-refractivity contribution in [2.24, 2.45) is 11.3 Å². The molecule has 1 unspecified atom stereocenters. The minimum Gasteiger partial charge on any atom is -0.371 e. The van der Waals surface area contributed by atoms with Crippen LogP contribution in [0.3, 0.4) is 0 Å². The van der Waals surface area contributed by atoms with E-state index in [1.807, 2.05) is 0 Å². The van der Waals surface area contributed by atoms with Crippen LogP contribution in [0.15, 0.2) is 0 Å². The summed E-state index contributed by atoms with van der Waals surface area (Å²) in [5.74, 6) is 0.850. The molecule has 0 heterocycles. The molecule has 1 N–H and O–H groups in total. The number of hydrogen-bond acceptors (Lipinski definition) is 2. The molecule has 0 radical (unpaired) electrons. The summed E-state index contributed by atoms with van der Waals surface area (Å²) >= 11 is 0. The molecule has 1 aliphatic rings. The van der Waals surface area contributed by atoms with Gasteiger partial charge in [-0.2, -0.15) is 0 Å². The van der Waals surface area contributed by atoms with Crippen LogP contribution in [0.5, 0.6) is 0 Å². The maximum atomic E-state index is 6.43. The topological polar surface area (TPSA) is 21.3 Å². The van der Waals surface area contributed by atoms with E-state index in [0.717, 1.165) is 25.4 Å². The Morgan fingerprint density at radius 2 is 1.79 bits per heavy atom. The fourth-order valence-corrected chi connectivity index (χ4v) is 3.21. The summed E-state index contributed by atoms with van der Waals surface area (Å²) in [5, 5.41) is 3.52. The molecule has 1 aliphatic carbocycles. The first-order valence-electron chi connectivity index (χ1n) is 8.21. The number of likely N-dealkylation sites (N-methyl/N-ethyl adjacent to an activating group) is 1. The van der Waals surface area contributed by atoms with E-state index in [2.05, 4.69) is 46.9 Å². The molecule has 0 saturated heterocycles. The molecule has 0 aromatic rings. The first kappa shape index (κ1) is 17.0. The lowest BCUT2D eigenvalue weighted by Gasteiger charge is -2.45. The van der Waals surface area contributed by atoms with E-state index < -0.39 is 0 Å². The summed E-state index contributed by atoms with van der Waals surface area (Å²) in [5.41, 5.74) is 0.536. The highest BCUT2D eigenvalue weighted by Crippen LogP contribution is 2.43. The highest BCUT2D eigenvalue weighted by atomic mass is 16.5. The lowest BCUT2D eigenvalue weighted by Crippen LogP contribution is -2.48. The lowest BCUT2D eigenvalue weighted by atomic mass is 9.68. The molecule has 0 aromatic carbocycles. The second-order valence-electron chi connectivity index (χ2n) is 7.44. The van der Waals surface area contributed by atoms with Crippen LogP contribution in [-0.4, -0.2) is 24.8 Å². The van der Waals surface area contributed by atoms with E-state index in [1.165, 1.54) is 25.7 Å². The average molecular weight is 269 g/mol. The van der Waals surface area contributed by atoms with Crippen LogP contribution in [0.4, 0.5) is 0 Å². The molecule has 2 heteroatoms. The van der Waals surface area contributed by atoms with Gasteiger partial charge in [0.15, 0.2) is 0 Å². The Kier molecular flexibility index (Phi) is 6.32. The third kappa shape index (κ3) is 5.07. The monoisotopic (exact) mass is 269 g/mol. The largest absolute Gasteiger partial charge is 0.371 e. The maximum absolute atomic E-state index is 6.43. The van der Waals surface area contributed by atoms with Crippen molar-refractivity contribution in [3.8, 4) is 0 Å². The molecule has 0 aromatic heterocycles. The highest BCUT2D eigenvalue weighted by Gasteiger charge is 2.39. The van der Waals surface area contributed by atoms with Gasteiger partial charge in [-0.25, -0.2) is 0 Å². The highest BCUT2D eigenvalue weighted by molar-refractivity contribution is 4.92. The van der Waals surface area contributed by atoms with Crippen molar-refractivity contribution in [3.05, 3.63) is 0 Å². The Bertz CT molecular complexity index is 248. The number of nitrogens with one attached hydrogen (secondary N) is 1. The predicted octanol–water partition coefficient (Wildman–Crippen LogP) is 4.39. The van der Waals surface area contributed by atoms with Crippen molar-refractivity contribution in [2.45, 2.75) is 85.4 Å². The number of rotatable bonds is 6. The molecule has 0 aliphatic heterocycles. The minimum atomic E-state index is 0.0905. The summed E-state index contributed by atoms with van der Waals surface area (Å²) in [6.45, 7) is 15.8. The predicted molar refractivity (Wildman–Crippen MR) is 83.5 cm³/mol. The summed E-state index contributed by atoms with van der Waals surface area (Å²) in [4.78, 5) is 0. The molecule has 0 spiro atoms. The molecular weight excluding hydrogens is 234 g/mol. The van der Waals surface area contributed by atoms with Crippen LogP contribution >= 0.6 is 0 Å². The molecule has 0 amide bonds. The summed E-state index contributed by atoms with van der Waals surface area (Å²) < 4.78 is 6.43. The minimum absolute atomic E-state index is 0.0905. The molecule has 1 fully saturated rings. The van der Waals surface area contributed by atoms with Gasteiger partial charge < -0.3 is 10.1 Å².